The van der Waals surface area contributed by atoms with Crippen molar-refractivity contribution >= 4 is 11.8 Å². The number of hydrogen-bond donors (Lipinski definition) is 1. The van der Waals surface area contributed by atoms with Crippen molar-refractivity contribution in [3.8, 4) is 5.75 Å². The smallest absolute Gasteiger partial charge is 0.210 e. The Balaban J connectivity index is 2.06. The highest BCUT2D eigenvalue weighted by Crippen LogP contribution is 2.24. The molecule has 0 spiro atoms. The Labute approximate surface area is 117 Å². The molecule has 0 unspecified atom stereocenters. The maximum Gasteiger partial charge on any atom is 0.210 e. The molecule has 6 heteroatoms. The number of methoxy groups -OCH3 is 1. The van der Waals surface area contributed by atoms with Crippen molar-refractivity contribution in [2.24, 2.45) is 0 Å². The van der Waals surface area contributed by atoms with E-state index in [1.54, 1.807) is 23.5 Å². The van der Waals surface area contributed by atoms with Crippen LogP contribution in [0, 0.1) is 0 Å². The zero-order valence-corrected chi connectivity index (χ0v) is 12.1. The van der Waals surface area contributed by atoms with Gasteiger partial charge in [0.2, 0.25) is 5.16 Å². The van der Waals surface area contributed by atoms with Crippen molar-refractivity contribution in [3.05, 3.63) is 35.7 Å². The summed E-state index contributed by atoms with van der Waals surface area (Å²) >= 11 is 1.57. The first-order valence-electron chi connectivity index (χ1n) is 6.08. The second-order valence-corrected chi connectivity index (χ2v) is 5.45. The van der Waals surface area contributed by atoms with Gasteiger partial charge < -0.3 is 10.6 Å². The molecule has 0 aliphatic carbocycles. The third kappa shape index (κ3) is 3.20. The van der Waals surface area contributed by atoms with Gasteiger partial charge >= 0.3 is 0 Å². The number of benzene rings is 1. The van der Waals surface area contributed by atoms with Crippen molar-refractivity contribution in [1.29, 1.82) is 0 Å². The minimum absolute atomic E-state index is 0.267. The van der Waals surface area contributed by atoms with Gasteiger partial charge in [-0.05, 0) is 17.7 Å². The summed E-state index contributed by atoms with van der Waals surface area (Å²) in [6, 6.07) is 7.96. The van der Waals surface area contributed by atoms with Crippen LogP contribution in [0.5, 0.6) is 5.75 Å². The summed E-state index contributed by atoms with van der Waals surface area (Å²) in [6.45, 7) is 4.09. The van der Waals surface area contributed by atoms with Crippen molar-refractivity contribution < 1.29 is 4.74 Å². The lowest BCUT2D eigenvalue weighted by Crippen LogP contribution is -2.14. The molecule has 1 aromatic carbocycles. The number of ether oxygens (including phenoxy) is 1. The molecule has 0 saturated heterocycles. The van der Waals surface area contributed by atoms with Gasteiger partial charge in [-0.2, -0.15) is 0 Å². The Hall–Kier alpha value is -1.69. The van der Waals surface area contributed by atoms with Crippen molar-refractivity contribution in [2.45, 2.75) is 30.7 Å². The van der Waals surface area contributed by atoms with E-state index in [2.05, 4.69) is 16.3 Å². The van der Waals surface area contributed by atoms with Crippen LogP contribution in [0.15, 0.2) is 29.4 Å². The van der Waals surface area contributed by atoms with E-state index in [4.69, 9.17) is 10.6 Å². The molecule has 2 aromatic rings. The molecule has 0 fully saturated rings. The molecule has 2 rings (SSSR count). The summed E-state index contributed by atoms with van der Waals surface area (Å²) < 4.78 is 6.76. The molecule has 0 amide bonds. The quantitative estimate of drug-likeness (QED) is 0.672. The van der Waals surface area contributed by atoms with Crippen molar-refractivity contribution in [1.82, 2.24) is 14.9 Å². The van der Waals surface area contributed by atoms with Crippen LogP contribution in [-0.4, -0.2) is 22.0 Å². The fourth-order valence-electron chi connectivity index (χ4n) is 1.69. The number of nitrogens with two attached hydrogens (primary N) is 1. The molecule has 5 nitrogen and oxygen atoms in total. The Kier molecular flexibility index (Phi) is 4.31. The van der Waals surface area contributed by atoms with E-state index in [0.717, 1.165) is 22.5 Å². The summed E-state index contributed by atoms with van der Waals surface area (Å²) in [6.07, 6.45) is 0. The predicted octanol–water partition coefficient (Wildman–Crippen LogP) is 2.42. The van der Waals surface area contributed by atoms with Crippen LogP contribution in [0.4, 0.5) is 0 Å². The molecular weight excluding hydrogens is 260 g/mol. The van der Waals surface area contributed by atoms with Crippen LogP contribution in [0.25, 0.3) is 0 Å². The molecule has 19 heavy (non-hydrogen) atoms. The monoisotopic (exact) mass is 278 g/mol. The highest BCUT2D eigenvalue weighted by molar-refractivity contribution is 7.98. The number of thioether (sulfide) groups is 1. The van der Waals surface area contributed by atoms with Gasteiger partial charge in [-0.25, -0.2) is 4.68 Å². The SMILES string of the molecule is COc1cccc(CSc2nnc(C(C)C)n2N)c1. The molecule has 0 saturated carbocycles. The lowest BCUT2D eigenvalue weighted by Gasteiger charge is -2.06. The van der Waals surface area contributed by atoms with Crippen molar-refractivity contribution in [2.75, 3.05) is 13.0 Å². The highest BCUT2D eigenvalue weighted by Gasteiger charge is 2.13. The minimum Gasteiger partial charge on any atom is -0.497 e. The van der Waals surface area contributed by atoms with Gasteiger partial charge in [0.25, 0.3) is 0 Å². The van der Waals surface area contributed by atoms with Crippen molar-refractivity contribution in [3.63, 3.8) is 0 Å². The van der Waals surface area contributed by atoms with E-state index in [0.29, 0.717) is 0 Å². The zero-order valence-electron chi connectivity index (χ0n) is 11.3. The molecule has 1 aromatic heterocycles. The summed E-state index contributed by atoms with van der Waals surface area (Å²) in [7, 11) is 1.66. The van der Waals surface area contributed by atoms with Gasteiger partial charge in [0.1, 0.15) is 5.75 Å². The van der Waals surface area contributed by atoms with E-state index in [9.17, 15) is 0 Å². The highest BCUT2D eigenvalue weighted by atomic mass is 32.2. The van der Waals surface area contributed by atoms with E-state index in [1.807, 2.05) is 32.0 Å². The standard InChI is InChI=1S/C13H18N4OS/c1-9(2)12-15-16-13(17(12)14)19-8-10-5-4-6-11(7-10)18-3/h4-7,9H,8,14H2,1-3H3. The van der Waals surface area contributed by atoms with Crippen LogP contribution in [0.2, 0.25) is 0 Å². The molecule has 2 N–H and O–H groups in total. The summed E-state index contributed by atoms with van der Waals surface area (Å²) in [4.78, 5) is 0. The average molecular weight is 278 g/mol. The second-order valence-electron chi connectivity index (χ2n) is 4.51. The molecule has 102 valence electrons. The average Bonchev–Trinajstić information content (AvgIpc) is 2.78. The van der Waals surface area contributed by atoms with Crippen LogP contribution in [0.1, 0.15) is 31.2 Å². The van der Waals surface area contributed by atoms with Gasteiger partial charge in [-0.1, -0.05) is 37.7 Å². The molecule has 1 heterocycles. The number of nitrogens with zero attached hydrogens (tertiary/aromatic N) is 3. The first-order valence-corrected chi connectivity index (χ1v) is 7.06. The Morgan fingerprint density at radius 3 is 2.79 bits per heavy atom. The third-order valence-corrected chi connectivity index (χ3v) is 3.72. The normalized spacial score (nSPS) is 10.9. The number of nitrogen functional groups attached to an aromatic ring is 1. The maximum atomic E-state index is 5.97. The fourth-order valence-corrected chi connectivity index (χ4v) is 2.50. The number of hydrogen-bond acceptors (Lipinski definition) is 5. The minimum atomic E-state index is 0.267. The molecule has 0 radical (unpaired) electrons. The second kappa shape index (κ2) is 5.97. The molecule has 0 aliphatic rings. The first-order chi connectivity index (χ1) is 9.11. The topological polar surface area (TPSA) is 66.0 Å². The van der Waals surface area contributed by atoms with E-state index in [1.165, 1.54) is 5.56 Å². The molecule has 0 aliphatic heterocycles. The third-order valence-electron chi connectivity index (χ3n) is 2.71. The predicted molar refractivity (Wildman–Crippen MR) is 76.8 cm³/mol. The Morgan fingerprint density at radius 1 is 1.37 bits per heavy atom. The zero-order chi connectivity index (χ0) is 13.8. The number of aromatic nitrogens is 3. The molecule has 0 atom stereocenters. The van der Waals surface area contributed by atoms with Gasteiger partial charge in [0, 0.05) is 11.7 Å². The Bertz CT molecular complexity index is 553. The molecule has 0 bridgehead atoms. The molecular formula is C13H18N4OS. The summed E-state index contributed by atoms with van der Waals surface area (Å²) in [5.74, 6) is 8.68. The van der Waals surface area contributed by atoms with Crippen LogP contribution < -0.4 is 10.6 Å². The van der Waals surface area contributed by atoms with Crippen LogP contribution in [-0.2, 0) is 5.75 Å². The van der Waals surface area contributed by atoms with Crippen LogP contribution >= 0.6 is 11.8 Å². The van der Waals surface area contributed by atoms with E-state index < -0.39 is 0 Å². The van der Waals surface area contributed by atoms with Crippen LogP contribution in [0.3, 0.4) is 0 Å². The summed E-state index contributed by atoms with van der Waals surface area (Å²) in [5, 5.41) is 8.95. The van der Waals surface area contributed by atoms with Gasteiger partial charge in [0.05, 0.1) is 7.11 Å². The van der Waals surface area contributed by atoms with Gasteiger partial charge in [-0.3, -0.25) is 0 Å². The lowest BCUT2D eigenvalue weighted by molar-refractivity contribution is 0.414. The summed E-state index contributed by atoms with van der Waals surface area (Å²) in [5.41, 5.74) is 1.17. The maximum absolute atomic E-state index is 5.97. The van der Waals surface area contributed by atoms with E-state index in [-0.39, 0.29) is 5.92 Å². The number of rotatable bonds is 5. The lowest BCUT2D eigenvalue weighted by atomic mass is 10.2. The van der Waals surface area contributed by atoms with Gasteiger partial charge in [-0.15, -0.1) is 10.2 Å². The Morgan fingerprint density at radius 2 is 2.16 bits per heavy atom. The largest absolute Gasteiger partial charge is 0.497 e. The first kappa shape index (κ1) is 13.7. The van der Waals surface area contributed by atoms with E-state index >= 15 is 0 Å². The van der Waals surface area contributed by atoms with Gasteiger partial charge in [0.15, 0.2) is 5.82 Å². The fraction of sp³-hybridized carbons (Fsp3) is 0.385.